The van der Waals surface area contributed by atoms with Crippen molar-refractivity contribution in [3.8, 4) is 28.4 Å². The van der Waals surface area contributed by atoms with Crippen LogP contribution in [0.5, 0.6) is 5.88 Å². The molecule has 5 rings (SSSR count). The predicted octanol–water partition coefficient (Wildman–Crippen LogP) is 3.18. The minimum absolute atomic E-state index is 0.0604. The number of aliphatic hydroxyl groups is 1. The number of aryl methyl sites for hydroxylation is 2. The quantitative estimate of drug-likeness (QED) is 0.566. The standard InChI is InChI=1S/C22H21N5O2/c1-14-4-2-5-17(24-14)22-21(19-6-3-9-27(19)26-22)15-7-8-16-18(12-15)25-20(13-23-16)29-11-10-28/h2,4-5,7-8,12-13,28H,3,6,9-11H2,1H3. The van der Waals surface area contributed by atoms with E-state index >= 15 is 0 Å². The van der Waals surface area contributed by atoms with Crippen LogP contribution in [0.1, 0.15) is 17.8 Å². The number of benzene rings is 1. The number of aromatic nitrogens is 5. The second-order valence-electron chi connectivity index (χ2n) is 7.15. The number of aliphatic hydroxyl groups excluding tert-OH is 1. The van der Waals surface area contributed by atoms with E-state index in [1.807, 2.05) is 37.3 Å². The van der Waals surface area contributed by atoms with Crippen molar-refractivity contribution in [3.63, 3.8) is 0 Å². The molecule has 0 radical (unpaired) electrons. The average molecular weight is 387 g/mol. The molecule has 0 aliphatic carbocycles. The molecule has 1 aliphatic rings. The van der Waals surface area contributed by atoms with Crippen molar-refractivity contribution in [1.82, 2.24) is 24.7 Å². The summed E-state index contributed by atoms with van der Waals surface area (Å²) in [4.78, 5) is 13.7. The Morgan fingerprint density at radius 1 is 1.14 bits per heavy atom. The first-order valence-electron chi connectivity index (χ1n) is 9.77. The Morgan fingerprint density at radius 3 is 2.93 bits per heavy atom. The summed E-state index contributed by atoms with van der Waals surface area (Å²) in [6.45, 7) is 3.06. The van der Waals surface area contributed by atoms with Crippen LogP contribution in [0.25, 0.3) is 33.5 Å². The Morgan fingerprint density at radius 2 is 2.07 bits per heavy atom. The van der Waals surface area contributed by atoms with Gasteiger partial charge in [-0.25, -0.2) is 9.97 Å². The lowest BCUT2D eigenvalue weighted by Crippen LogP contribution is -2.03. The van der Waals surface area contributed by atoms with Gasteiger partial charge in [-0.1, -0.05) is 12.1 Å². The van der Waals surface area contributed by atoms with E-state index in [1.165, 1.54) is 5.69 Å². The molecule has 146 valence electrons. The zero-order valence-electron chi connectivity index (χ0n) is 16.2. The van der Waals surface area contributed by atoms with E-state index in [2.05, 4.69) is 20.7 Å². The van der Waals surface area contributed by atoms with Gasteiger partial charge >= 0.3 is 0 Å². The molecule has 0 saturated heterocycles. The van der Waals surface area contributed by atoms with Gasteiger partial charge in [0.15, 0.2) is 0 Å². The Bertz CT molecular complexity index is 1200. The molecule has 0 spiro atoms. The smallest absolute Gasteiger partial charge is 0.232 e. The van der Waals surface area contributed by atoms with Gasteiger partial charge in [-0.05, 0) is 49.6 Å². The van der Waals surface area contributed by atoms with Crippen molar-refractivity contribution < 1.29 is 9.84 Å². The summed E-state index contributed by atoms with van der Waals surface area (Å²) in [6, 6.07) is 12.1. The summed E-state index contributed by atoms with van der Waals surface area (Å²) >= 11 is 0. The van der Waals surface area contributed by atoms with E-state index in [1.54, 1.807) is 6.20 Å². The lowest BCUT2D eigenvalue weighted by molar-refractivity contribution is 0.196. The first kappa shape index (κ1) is 17.8. The van der Waals surface area contributed by atoms with Gasteiger partial charge in [0.25, 0.3) is 0 Å². The molecule has 1 aliphatic heterocycles. The van der Waals surface area contributed by atoms with E-state index < -0.39 is 0 Å². The highest BCUT2D eigenvalue weighted by molar-refractivity contribution is 5.87. The van der Waals surface area contributed by atoms with Gasteiger partial charge < -0.3 is 9.84 Å². The fourth-order valence-electron chi connectivity index (χ4n) is 3.86. The molecule has 4 aromatic rings. The largest absolute Gasteiger partial charge is 0.474 e. The van der Waals surface area contributed by atoms with Crippen LogP contribution in [0.2, 0.25) is 0 Å². The summed E-state index contributed by atoms with van der Waals surface area (Å²) in [5.41, 5.74) is 7.71. The molecule has 7 nitrogen and oxygen atoms in total. The molecule has 0 unspecified atom stereocenters. The summed E-state index contributed by atoms with van der Waals surface area (Å²) in [7, 11) is 0. The minimum Gasteiger partial charge on any atom is -0.474 e. The van der Waals surface area contributed by atoms with Crippen molar-refractivity contribution in [3.05, 3.63) is 54.0 Å². The lowest BCUT2D eigenvalue weighted by Gasteiger charge is -2.08. The second-order valence-corrected chi connectivity index (χ2v) is 7.15. The number of nitrogens with zero attached hydrogens (tertiary/aromatic N) is 5. The first-order valence-corrected chi connectivity index (χ1v) is 9.77. The van der Waals surface area contributed by atoms with Crippen LogP contribution in [0.15, 0.2) is 42.6 Å². The van der Waals surface area contributed by atoms with E-state index in [0.717, 1.165) is 58.6 Å². The number of pyridine rings is 1. The van der Waals surface area contributed by atoms with Crippen molar-refractivity contribution in [2.75, 3.05) is 13.2 Å². The van der Waals surface area contributed by atoms with Crippen LogP contribution < -0.4 is 4.74 Å². The van der Waals surface area contributed by atoms with Gasteiger partial charge in [0.1, 0.15) is 12.3 Å². The fourth-order valence-corrected chi connectivity index (χ4v) is 3.86. The summed E-state index contributed by atoms with van der Waals surface area (Å²) < 4.78 is 7.53. The summed E-state index contributed by atoms with van der Waals surface area (Å²) in [6.07, 6.45) is 3.68. The maximum atomic E-state index is 8.97. The lowest BCUT2D eigenvalue weighted by atomic mass is 9.99. The normalized spacial score (nSPS) is 13.0. The number of hydrogen-bond donors (Lipinski definition) is 1. The predicted molar refractivity (Wildman–Crippen MR) is 110 cm³/mol. The molecule has 1 N–H and O–H groups in total. The molecule has 3 aromatic heterocycles. The molecule has 0 saturated carbocycles. The summed E-state index contributed by atoms with van der Waals surface area (Å²) in [5.74, 6) is 0.407. The second kappa shape index (κ2) is 7.25. The van der Waals surface area contributed by atoms with Crippen molar-refractivity contribution in [2.45, 2.75) is 26.3 Å². The van der Waals surface area contributed by atoms with Crippen LogP contribution in [0, 0.1) is 6.92 Å². The molecule has 0 atom stereocenters. The highest BCUT2D eigenvalue weighted by Crippen LogP contribution is 2.37. The summed E-state index contributed by atoms with van der Waals surface area (Å²) in [5, 5.41) is 13.9. The molecular weight excluding hydrogens is 366 g/mol. The SMILES string of the molecule is Cc1cccc(-c2nn3c(c2-c2ccc4ncc(OCCO)nc4c2)CCC3)n1. The maximum Gasteiger partial charge on any atom is 0.232 e. The van der Waals surface area contributed by atoms with E-state index in [9.17, 15) is 0 Å². The number of ether oxygens (including phenoxy) is 1. The van der Waals surface area contributed by atoms with Crippen LogP contribution in [0.4, 0.5) is 0 Å². The zero-order chi connectivity index (χ0) is 19.8. The number of fused-ring (bicyclic) bond motifs is 2. The molecule has 0 bridgehead atoms. The Kier molecular flexibility index (Phi) is 4.44. The van der Waals surface area contributed by atoms with Gasteiger partial charge in [-0.2, -0.15) is 5.10 Å². The monoisotopic (exact) mass is 387 g/mol. The fraction of sp³-hybridized carbons (Fsp3) is 0.273. The van der Waals surface area contributed by atoms with Gasteiger partial charge in [0.05, 0.1) is 29.5 Å². The Hall–Kier alpha value is -3.32. The molecule has 7 heteroatoms. The zero-order valence-corrected chi connectivity index (χ0v) is 16.2. The molecule has 29 heavy (non-hydrogen) atoms. The Balaban J connectivity index is 1.66. The molecule has 4 heterocycles. The number of hydrogen-bond acceptors (Lipinski definition) is 6. The third-order valence-electron chi connectivity index (χ3n) is 5.12. The van der Waals surface area contributed by atoms with Crippen molar-refractivity contribution in [1.29, 1.82) is 0 Å². The topological polar surface area (TPSA) is 86.0 Å². The highest BCUT2D eigenvalue weighted by Gasteiger charge is 2.24. The van der Waals surface area contributed by atoms with Gasteiger partial charge in [-0.3, -0.25) is 9.67 Å². The average Bonchev–Trinajstić information content (AvgIpc) is 3.33. The first-order chi connectivity index (χ1) is 14.2. The third-order valence-corrected chi connectivity index (χ3v) is 5.12. The van der Waals surface area contributed by atoms with Crippen molar-refractivity contribution >= 4 is 11.0 Å². The molecule has 0 amide bonds. The van der Waals surface area contributed by atoms with Crippen molar-refractivity contribution in [2.24, 2.45) is 0 Å². The third kappa shape index (κ3) is 3.23. The Labute approximate surface area is 168 Å². The molecule has 0 fully saturated rings. The maximum absolute atomic E-state index is 8.97. The van der Waals surface area contributed by atoms with E-state index in [4.69, 9.17) is 19.9 Å². The van der Waals surface area contributed by atoms with Gasteiger partial charge in [0, 0.05) is 23.5 Å². The van der Waals surface area contributed by atoms with E-state index in [0.29, 0.717) is 5.88 Å². The van der Waals surface area contributed by atoms with E-state index in [-0.39, 0.29) is 13.2 Å². The van der Waals surface area contributed by atoms with Crippen LogP contribution in [-0.2, 0) is 13.0 Å². The molecule has 1 aromatic carbocycles. The van der Waals surface area contributed by atoms with Crippen LogP contribution in [0.3, 0.4) is 0 Å². The minimum atomic E-state index is -0.0604. The number of rotatable bonds is 5. The highest BCUT2D eigenvalue weighted by atomic mass is 16.5. The van der Waals surface area contributed by atoms with Gasteiger partial charge in [0.2, 0.25) is 5.88 Å². The van der Waals surface area contributed by atoms with Crippen LogP contribution in [-0.4, -0.2) is 43.1 Å². The molecular formula is C22H21N5O2. The van der Waals surface area contributed by atoms with Gasteiger partial charge in [-0.15, -0.1) is 0 Å². The van der Waals surface area contributed by atoms with Crippen LogP contribution >= 0.6 is 0 Å².